The summed E-state index contributed by atoms with van der Waals surface area (Å²) < 4.78 is 43.5. The number of hydrogen-bond acceptors (Lipinski definition) is 7. The fourth-order valence-corrected chi connectivity index (χ4v) is 4.93. The van der Waals surface area contributed by atoms with Gasteiger partial charge < -0.3 is 19.5 Å². The third-order valence-corrected chi connectivity index (χ3v) is 6.74. The van der Waals surface area contributed by atoms with Crippen molar-refractivity contribution in [1.82, 2.24) is 10.0 Å². The molecule has 0 radical (unpaired) electrons. The van der Waals surface area contributed by atoms with Crippen molar-refractivity contribution in [3.05, 3.63) is 65.7 Å². The zero-order valence-corrected chi connectivity index (χ0v) is 23.5. The zero-order valence-electron chi connectivity index (χ0n) is 22.7. The molecule has 0 aliphatic heterocycles. The number of alkyl carbamates (subject to hydrolysis) is 1. The van der Waals surface area contributed by atoms with Gasteiger partial charge in [-0.2, -0.15) is 0 Å². The summed E-state index contributed by atoms with van der Waals surface area (Å²) in [5, 5.41) is 2.75. The maximum absolute atomic E-state index is 12.6. The number of hydrogen-bond donors (Lipinski definition) is 2. The van der Waals surface area contributed by atoms with Crippen molar-refractivity contribution in [1.29, 1.82) is 0 Å². The van der Waals surface area contributed by atoms with Crippen molar-refractivity contribution >= 4 is 22.1 Å². The van der Waals surface area contributed by atoms with E-state index in [2.05, 4.69) is 10.0 Å². The lowest BCUT2D eigenvalue weighted by molar-refractivity contribution is -0.142. The summed E-state index contributed by atoms with van der Waals surface area (Å²) in [7, 11) is -2.52. The Morgan fingerprint density at radius 3 is 2.18 bits per heavy atom. The van der Waals surface area contributed by atoms with Crippen LogP contribution < -0.4 is 14.8 Å². The van der Waals surface area contributed by atoms with Crippen molar-refractivity contribution in [3.8, 4) is 5.75 Å². The molecule has 2 N–H and O–H groups in total. The van der Waals surface area contributed by atoms with Crippen LogP contribution in [0.25, 0.3) is 0 Å². The van der Waals surface area contributed by atoms with Crippen LogP contribution in [0.3, 0.4) is 0 Å². The highest BCUT2D eigenvalue weighted by molar-refractivity contribution is 7.88. The topological polar surface area (TPSA) is 120 Å². The molecule has 0 spiro atoms. The zero-order chi connectivity index (χ0) is 28.0. The van der Waals surface area contributed by atoms with Crippen LogP contribution in [-0.2, 0) is 36.5 Å². The lowest BCUT2D eigenvalue weighted by Crippen LogP contribution is -2.43. The predicted molar refractivity (Wildman–Crippen MR) is 146 cm³/mol. The molecule has 2 aromatic carbocycles. The Labute approximate surface area is 226 Å². The third kappa shape index (κ3) is 12.9. The molecule has 0 aromatic heterocycles. The summed E-state index contributed by atoms with van der Waals surface area (Å²) in [6.45, 7) is 6.63. The van der Waals surface area contributed by atoms with E-state index in [-0.39, 0.29) is 12.2 Å². The van der Waals surface area contributed by atoms with E-state index < -0.39 is 33.7 Å². The van der Waals surface area contributed by atoms with Crippen LogP contribution in [-0.4, -0.2) is 52.4 Å². The third-order valence-electron chi connectivity index (χ3n) is 5.38. The number of amides is 1. The van der Waals surface area contributed by atoms with Crippen LogP contribution in [0.1, 0.15) is 57.6 Å². The fraction of sp³-hybridized carbons (Fsp3) is 0.500. The number of benzene rings is 2. The van der Waals surface area contributed by atoms with E-state index in [0.29, 0.717) is 24.5 Å². The molecule has 0 bridgehead atoms. The number of rotatable bonds is 15. The highest BCUT2D eigenvalue weighted by Crippen LogP contribution is 2.16. The summed E-state index contributed by atoms with van der Waals surface area (Å²) in [5.74, 6) is -0.183. The van der Waals surface area contributed by atoms with Crippen LogP contribution in [0.2, 0.25) is 0 Å². The molecule has 1 atom stereocenters. The second-order valence-electron chi connectivity index (χ2n) is 9.98. The van der Waals surface area contributed by atoms with Gasteiger partial charge in [0, 0.05) is 6.54 Å². The molecular formula is C28H40N2O7S. The van der Waals surface area contributed by atoms with Crippen molar-refractivity contribution in [2.45, 2.75) is 70.3 Å². The Morgan fingerprint density at radius 1 is 0.895 bits per heavy atom. The highest BCUT2D eigenvalue weighted by Gasteiger charge is 2.26. The van der Waals surface area contributed by atoms with Crippen LogP contribution in [0.15, 0.2) is 54.6 Å². The van der Waals surface area contributed by atoms with Gasteiger partial charge in [-0.15, -0.1) is 0 Å². The summed E-state index contributed by atoms with van der Waals surface area (Å²) in [4.78, 5) is 23.9. The van der Waals surface area contributed by atoms with E-state index in [1.165, 1.54) is 7.11 Å². The van der Waals surface area contributed by atoms with Crippen LogP contribution >= 0.6 is 0 Å². The Kier molecular flexibility index (Phi) is 12.6. The lowest BCUT2D eigenvalue weighted by Gasteiger charge is -2.19. The van der Waals surface area contributed by atoms with Crippen molar-refractivity contribution < 1.29 is 32.2 Å². The van der Waals surface area contributed by atoms with Gasteiger partial charge in [-0.05, 0) is 63.3 Å². The summed E-state index contributed by atoms with van der Waals surface area (Å²) in [5.41, 5.74) is 0.901. The van der Waals surface area contributed by atoms with E-state index in [4.69, 9.17) is 14.2 Å². The molecule has 0 aliphatic rings. The maximum Gasteiger partial charge on any atom is 0.407 e. The fourth-order valence-electron chi connectivity index (χ4n) is 3.60. The van der Waals surface area contributed by atoms with Crippen molar-refractivity contribution in [3.63, 3.8) is 0 Å². The molecule has 38 heavy (non-hydrogen) atoms. The number of esters is 1. The van der Waals surface area contributed by atoms with Crippen molar-refractivity contribution in [2.24, 2.45) is 0 Å². The summed E-state index contributed by atoms with van der Waals surface area (Å²) in [6, 6.07) is 14.9. The molecule has 0 aliphatic carbocycles. The van der Waals surface area contributed by atoms with E-state index in [1.54, 1.807) is 48.5 Å². The Hall–Kier alpha value is -3.11. The standard InChI is InChI=1S/C28H40N2O7S/c1-28(2,3)37-27(32)29-18-10-5-6-11-19-36-24-16-14-22(15-17-24)20-25(26(31)35-4)30-38(33,34)21-23-12-8-7-9-13-23/h7-9,12-17,25,30H,5-6,10-11,18-21H2,1-4H3,(H,29,32). The molecule has 210 valence electrons. The predicted octanol–water partition coefficient (Wildman–Crippen LogP) is 4.35. The summed E-state index contributed by atoms with van der Waals surface area (Å²) in [6.07, 6.45) is 3.43. The molecule has 0 heterocycles. The molecule has 0 fully saturated rings. The van der Waals surface area contributed by atoms with E-state index in [9.17, 15) is 18.0 Å². The van der Waals surface area contributed by atoms with Crippen LogP contribution in [0.4, 0.5) is 4.79 Å². The number of unbranched alkanes of at least 4 members (excludes halogenated alkanes) is 3. The smallest absolute Gasteiger partial charge is 0.407 e. The average Bonchev–Trinajstić information content (AvgIpc) is 2.84. The molecule has 0 saturated heterocycles. The molecule has 0 saturated carbocycles. The van der Waals surface area contributed by atoms with Crippen LogP contribution in [0.5, 0.6) is 5.75 Å². The molecule has 2 rings (SSSR count). The Balaban J connectivity index is 1.73. The molecule has 1 amide bonds. The number of carbonyl (C=O) groups is 2. The Bertz CT molecular complexity index is 1100. The van der Waals surface area contributed by atoms with Gasteiger partial charge in [0.1, 0.15) is 17.4 Å². The number of methoxy groups -OCH3 is 1. The van der Waals surface area contributed by atoms with Gasteiger partial charge in [0.2, 0.25) is 10.0 Å². The molecule has 9 nitrogen and oxygen atoms in total. The van der Waals surface area contributed by atoms with Gasteiger partial charge in [-0.25, -0.2) is 17.9 Å². The largest absolute Gasteiger partial charge is 0.494 e. The van der Waals surface area contributed by atoms with E-state index >= 15 is 0 Å². The van der Waals surface area contributed by atoms with Gasteiger partial charge in [0.15, 0.2) is 0 Å². The first-order valence-electron chi connectivity index (χ1n) is 12.8. The Morgan fingerprint density at radius 2 is 1.55 bits per heavy atom. The maximum atomic E-state index is 12.6. The minimum Gasteiger partial charge on any atom is -0.494 e. The number of ether oxygens (including phenoxy) is 3. The SMILES string of the molecule is COC(=O)C(Cc1ccc(OCCCCCCNC(=O)OC(C)(C)C)cc1)NS(=O)(=O)Cc1ccccc1. The number of sulfonamides is 1. The van der Waals surface area contributed by atoms with Gasteiger partial charge in [-0.1, -0.05) is 55.3 Å². The quantitative estimate of drug-likeness (QED) is 0.251. The van der Waals surface area contributed by atoms with Gasteiger partial charge in [0.05, 0.1) is 19.5 Å². The molecule has 2 aromatic rings. The van der Waals surface area contributed by atoms with E-state index in [1.807, 2.05) is 26.8 Å². The summed E-state index contributed by atoms with van der Waals surface area (Å²) >= 11 is 0. The minimum absolute atomic E-state index is 0.151. The first-order chi connectivity index (χ1) is 18.0. The van der Waals surface area contributed by atoms with Gasteiger partial charge in [0.25, 0.3) is 0 Å². The second-order valence-corrected chi connectivity index (χ2v) is 11.7. The normalized spacial score (nSPS) is 12.4. The van der Waals surface area contributed by atoms with Gasteiger partial charge in [-0.3, -0.25) is 4.79 Å². The minimum atomic E-state index is -3.75. The molecule has 1 unspecified atom stereocenters. The van der Waals surface area contributed by atoms with Crippen LogP contribution in [0, 0.1) is 0 Å². The second kappa shape index (κ2) is 15.3. The number of nitrogens with one attached hydrogen (secondary N) is 2. The lowest BCUT2D eigenvalue weighted by atomic mass is 10.1. The first kappa shape index (κ1) is 31.1. The molecule has 10 heteroatoms. The molecular weight excluding hydrogens is 508 g/mol. The van der Waals surface area contributed by atoms with Crippen molar-refractivity contribution in [2.75, 3.05) is 20.3 Å². The van der Waals surface area contributed by atoms with Gasteiger partial charge >= 0.3 is 12.1 Å². The van der Waals surface area contributed by atoms with E-state index in [0.717, 1.165) is 31.2 Å². The average molecular weight is 549 g/mol. The highest BCUT2D eigenvalue weighted by atomic mass is 32.2. The number of carbonyl (C=O) groups excluding carboxylic acids is 2. The first-order valence-corrected chi connectivity index (χ1v) is 14.4. The monoisotopic (exact) mass is 548 g/mol.